The number of aliphatic hydroxyl groups excluding tert-OH is 6. The highest BCUT2D eigenvalue weighted by Crippen LogP contribution is 2.46. The number of methoxy groups -OCH3 is 6. The van der Waals surface area contributed by atoms with Crippen LogP contribution >= 0.6 is 0 Å². The second-order valence-corrected chi connectivity index (χ2v) is 36.1. The van der Waals surface area contributed by atoms with Crippen molar-refractivity contribution in [3.8, 4) is 17.2 Å². The van der Waals surface area contributed by atoms with E-state index in [4.69, 9.17) is 80.6 Å². The van der Waals surface area contributed by atoms with E-state index >= 15 is 4.79 Å². The van der Waals surface area contributed by atoms with Crippen molar-refractivity contribution in [1.29, 1.82) is 0 Å². The highest BCUT2D eigenvalue weighted by atomic mass is 16.7. The Balaban J connectivity index is 1.22. The zero-order valence-corrected chi connectivity index (χ0v) is 74.8. The molecule has 6 saturated heterocycles. The number of nitrogens with zero attached hydrogens (tertiary/aromatic N) is 3. The van der Waals surface area contributed by atoms with Crippen molar-refractivity contribution in [2.75, 3.05) is 69.8 Å². The van der Waals surface area contributed by atoms with Gasteiger partial charge < -0.3 is 127 Å². The van der Waals surface area contributed by atoms with Crippen molar-refractivity contribution in [1.82, 2.24) is 9.80 Å². The lowest BCUT2D eigenvalue weighted by atomic mass is 9.73. The molecule has 1 aromatic rings. The van der Waals surface area contributed by atoms with Gasteiger partial charge in [-0.3, -0.25) is 24.2 Å². The summed E-state index contributed by atoms with van der Waals surface area (Å²) in [5.74, 6) is -9.08. The molecule has 0 unspecified atom stereocenters. The Labute approximate surface area is 693 Å². The molecule has 6 fully saturated rings. The normalized spacial score (nSPS) is 45.3. The van der Waals surface area contributed by atoms with Gasteiger partial charge in [-0.1, -0.05) is 60.5 Å². The minimum Gasteiger partial charge on any atom is -0.493 e. The predicted octanol–water partition coefficient (Wildman–Crippen LogP) is 6.01. The third-order valence-corrected chi connectivity index (χ3v) is 26.9. The summed E-state index contributed by atoms with van der Waals surface area (Å²) < 4.78 is 102. The molecule has 0 spiro atoms. The number of ether oxygens (including phenoxy) is 16. The summed E-state index contributed by atoms with van der Waals surface area (Å²) in [6.45, 7) is 33.8. The standard InChI is InChI=1S/C85H147N3O29/c1-29-59-84(19,99)70(92)46(7)63(86-107-41-54-35-57(101-23)69(103-25)58(36-54)102-24)42(3)37-80(15,98)74(48(9)67(50(11)76(96)112-59)114-61-39-81(16,104-26)72(94)52(13)110-61)116-78-65(90)55(33-44(5)108-78)87(21)31-32-88(22)56-34-45(6)109-79(66(56)91)117-75-49(10)68(115-62-40-82(17,105-27)73(95)53(14)111-62)51(12)77(97)113-60(30-2)85(20,100)71(93)47(8)64(89)43(4)38-83(75,18)106-28/h35-36,42-53,55-56,59-62,65-68,70-75,78-79,90-95,98-100H,29-34,37-41H2,1-28H3/b86-63-/t42-,43-,44-,45-,46+,47+,48+,49+,50-,51-,52+,53+,55+,56+,59-,60-,61+,62+,65-,66-,67+,68+,70-,71-,72+,73+,74-,75-,78+,79+,80-,81-,82-,83-,84-,85-/m1/s1. The number of rotatable bonds is 24. The second kappa shape index (κ2) is 41.1. The molecule has 0 radical (unpaired) electrons. The van der Waals surface area contributed by atoms with E-state index in [0.717, 1.165) is 0 Å². The van der Waals surface area contributed by atoms with Crippen molar-refractivity contribution in [3.05, 3.63) is 17.7 Å². The van der Waals surface area contributed by atoms with Crippen LogP contribution in [0.25, 0.3) is 0 Å². The molecule has 1 aromatic carbocycles. The Hall–Kier alpha value is -4.18. The predicted molar refractivity (Wildman–Crippen MR) is 429 cm³/mol. The van der Waals surface area contributed by atoms with Gasteiger partial charge in [-0.2, -0.15) is 0 Å². The summed E-state index contributed by atoms with van der Waals surface area (Å²) in [6, 6.07) is 2.08. The first-order chi connectivity index (χ1) is 54.5. The van der Waals surface area contributed by atoms with Gasteiger partial charge in [0.1, 0.15) is 60.2 Å². The van der Waals surface area contributed by atoms with Crippen LogP contribution in [0.4, 0.5) is 0 Å². The van der Waals surface area contributed by atoms with Crippen LogP contribution in [-0.4, -0.2) is 318 Å². The molecule has 0 aromatic heterocycles. The van der Waals surface area contributed by atoms with Gasteiger partial charge in [0.05, 0.1) is 122 Å². The van der Waals surface area contributed by atoms with E-state index < -0.39 is 234 Å². The van der Waals surface area contributed by atoms with E-state index in [0.29, 0.717) is 48.7 Å². The van der Waals surface area contributed by atoms with Crippen LogP contribution in [0.1, 0.15) is 195 Å². The number of oxime groups is 1. The molecule has 6 aliphatic heterocycles. The van der Waals surface area contributed by atoms with Gasteiger partial charge in [-0.15, -0.1) is 0 Å². The smallest absolute Gasteiger partial charge is 0.311 e. The van der Waals surface area contributed by atoms with Gasteiger partial charge in [-0.25, -0.2) is 0 Å². The van der Waals surface area contributed by atoms with E-state index in [1.807, 2.05) is 37.7 Å². The molecule has 0 amide bonds. The molecular weight excluding hydrogens is 1530 g/mol. The minimum absolute atomic E-state index is 0.00899. The van der Waals surface area contributed by atoms with Crippen LogP contribution < -0.4 is 14.2 Å². The summed E-state index contributed by atoms with van der Waals surface area (Å²) in [7, 11) is 12.6. The van der Waals surface area contributed by atoms with Gasteiger partial charge in [0.2, 0.25) is 5.75 Å². The summed E-state index contributed by atoms with van der Waals surface area (Å²) in [5.41, 5.74) is -9.19. The van der Waals surface area contributed by atoms with Crippen molar-refractivity contribution in [2.45, 2.75) is 365 Å². The average Bonchev–Trinajstić information content (AvgIpc) is 0.768. The number of ketones is 1. The second-order valence-electron chi connectivity index (χ2n) is 36.1. The van der Waals surface area contributed by atoms with E-state index in [9.17, 15) is 55.5 Å². The zero-order chi connectivity index (χ0) is 88.0. The number of hydrogen-bond acceptors (Lipinski definition) is 32. The maximum atomic E-state index is 15.0. The van der Waals surface area contributed by atoms with E-state index in [2.05, 4.69) is 5.16 Å². The molecule has 0 bridgehead atoms. The average molecular weight is 1680 g/mol. The van der Waals surface area contributed by atoms with Crippen LogP contribution in [0.3, 0.4) is 0 Å². The van der Waals surface area contributed by atoms with Gasteiger partial charge in [-0.05, 0) is 153 Å². The van der Waals surface area contributed by atoms with E-state index in [1.54, 1.807) is 116 Å². The molecule has 0 aliphatic carbocycles. The number of carbonyl (C=O) groups excluding carboxylic acids is 3. The van der Waals surface area contributed by atoms with Crippen molar-refractivity contribution in [2.24, 2.45) is 52.5 Å². The summed E-state index contributed by atoms with van der Waals surface area (Å²) in [5, 5.41) is 116. The molecular formula is C85H147N3O29. The van der Waals surface area contributed by atoms with E-state index in [1.165, 1.54) is 63.4 Å². The zero-order valence-electron chi connectivity index (χ0n) is 74.8. The maximum absolute atomic E-state index is 15.0. The Morgan fingerprint density at radius 1 is 0.487 bits per heavy atom. The molecule has 9 N–H and O–H groups in total. The van der Waals surface area contributed by atoms with Crippen LogP contribution in [0.5, 0.6) is 17.2 Å². The maximum Gasteiger partial charge on any atom is 0.311 e. The first kappa shape index (κ1) is 99.9. The first-order valence-electron chi connectivity index (χ1n) is 42.0. The Bertz CT molecular complexity index is 3350. The lowest BCUT2D eigenvalue weighted by Crippen LogP contribution is -2.62. The van der Waals surface area contributed by atoms with Crippen molar-refractivity contribution in [3.63, 3.8) is 0 Å². The number of esters is 2. The van der Waals surface area contributed by atoms with Crippen molar-refractivity contribution >= 4 is 23.4 Å². The third-order valence-electron chi connectivity index (χ3n) is 26.9. The van der Waals surface area contributed by atoms with Gasteiger partial charge in [0.25, 0.3) is 0 Å². The first-order valence-corrected chi connectivity index (χ1v) is 42.0. The number of Topliss-reactive ketones (excluding diaryl/α,β-unsaturated/α-hetero) is 1. The van der Waals surface area contributed by atoms with E-state index in [-0.39, 0.29) is 50.8 Å². The highest BCUT2D eigenvalue weighted by Gasteiger charge is 2.58. The quantitative estimate of drug-likeness (QED) is 0.0422. The molecule has 117 heavy (non-hydrogen) atoms. The molecule has 0 saturated carbocycles. The number of cyclic esters (lactones) is 2. The molecule has 6 aliphatic rings. The Morgan fingerprint density at radius 2 is 0.889 bits per heavy atom. The Kier molecular flexibility index (Phi) is 35.1. The number of benzene rings is 1. The lowest BCUT2D eigenvalue weighted by Gasteiger charge is -2.50. The number of carbonyl (C=O) groups is 3. The number of aliphatic hydroxyl groups is 9. The molecule has 6 heterocycles. The van der Waals surface area contributed by atoms with Crippen LogP contribution in [-0.2, 0) is 87.4 Å². The number of likely N-dealkylation sites (N-methyl/N-ethyl adjacent to an activating group) is 2. The van der Waals surface area contributed by atoms with Gasteiger partial charge in [0, 0.05) is 94.9 Å². The largest absolute Gasteiger partial charge is 0.493 e. The lowest BCUT2D eigenvalue weighted by molar-refractivity contribution is -0.320. The van der Waals surface area contributed by atoms with Crippen molar-refractivity contribution < 1.29 is 141 Å². The third kappa shape index (κ3) is 22.3. The highest BCUT2D eigenvalue weighted by molar-refractivity contribution is 5.89. The summed E-state index contributed by atoms with van der Waals surface area (Å²) >= 11 is 0. The van der Waals surface area contributed by atoms with Crippen LogP contribution in [0.2, 0.25) is 0 Å². The monoisotopic (exact) mass is 1670 g/mol. The van der Waals surface area contributed by atoms with Gasteiger partial charge >= 0.3 is 11.9 Å². The topological polar surface area (TPSA) is 409 Å². The Morgan fingerprint density at radius 3 is 1.28 bits per heavy atom. The molecule has 7 rings (SSSR count). The van der Waals surface area contributed by atoms with Crippen LogP contribution in [0.15, 0.2) is 17.3 Å². The SMILES string of the molecule is CC[C@H]1OC(=O)[C@H](C)[C@@H](O[C@H]2C[C@@](C)(OC)[C@@H](O)[C@H](C)O2)[C@H](C)[C@@H](O[C@@H]2O[C@H](C)C[C@H](N(C)CCN(C)[C@H]3C[C@@H](C)O[C@@H](O[C@@H]4[C@@H](C)[C@H](O[C@H]5C[C@@](C)(OC)[C@@H](O)[C@H](C)O5)[C@@H](C)C(=O)O[C@H](CC)[C@@](C)(O)[C@H](O)[C@@H](C)/C(=N\OCc5cc(OC)c(OC)c(OC)c5)[C@H](C)C[C@@]4(C)O)[C@@H]3O)[C@H]2O)[C@](C)(OC)C[C@@H](C)C(=O)[C@H](C)[C@@H](O)[C@]1(C)O. The number of hydrogen-bond donors (Lipinski definition) is 9. The fourth-order valence-corrected chi connectivity index (χ4v) is 19.1. The molecule has 676 valence electrons. The molecule has 32 heteroatoms. The fraction of sp³-hybridized carbons (Fsp3) is 0.882. The molecule has 32 nitrogen and oxygen atoms in total. The van der Waals surface area contributed by atoms with Gasteiger partial charge in [0.15, 0.2) is 36.7 Å². The van der Waals surface area contributed by atoms with Crippen LogP contribution in [0, 0.1) is 47.3 Å². The fourth-order valence-electron chi connectivity index (χ4n) is 19.1. The summed E-state index contributed by atoms with van der Waals surface area (Å²) in [6.07, 6.45) is -23.0. The minimum atomic E-state index is -2.11. The molecule has 36 atom stereocenters. The summed E-state index contributed by atoms with van der Waals surface area (Å²) in [4.78, 5) is 54.6.